The second kappa shape index (κ2) is 8.67. The molecule has 3 rings (SSSR count). The number of carbonyl (C=O) groups is 1. The third kappa shape index (κ3) is 4.26. The number of hydrogen-bond donors (Lipinski definition) is 1. The standard InChI is InChI=1S/C23H22F3INOP/c1-18(28-22(29)23(24,25)26)17-30(27,19-11-5-2-6-12-19,20-13-7-3-8-14-20)21-15-9-4-10-16-21/h2-16,18H,17H2,1H3,(H,28,29). The van der Waals surface area contributed by atoms with Crippen LogP contribution in [-0.4, -0.2) is 24.3 Å². The first-order chi connectivity index (χ1) is 14.2. The van der Waals surface area contributed by atoms with Gasteiger partial charge in [-0.2, -0.15) is 0 Å². The molecule has 0 spiro atoms. The summed E-state index contributed by atoms with van der Waals surface area (Å²) < 4.78 is 35.5. The van der Waals surface area contributed by atoms with Crippen molar-refractivity contribution in [1.29, 1.82) is 0 Å². The monoisotopic (exact) mass is 543 g/mol. The van der Waals surface area contributed by atoms with Gasteiger partial charge in [0.15, 0.2) is 0 Å². The van der Waals surface area contributed by atoms with Crippen molar-refractivity contribution < 1.29 is 18.0 Å². The number of halogens is 4. The minimum absolute atomic E-state index is 0.353. The average Bonchev–Trinajstić information content (AvgIpc) is 2.75. The van der Waals surface area contributed by atoms with Gasteiger partial charge in [0, 0.05) is 0 Å². The number of amides is 1. The summed E-state index contributed by atoms with van der Waals surface area (Å²) in [5.41, 5.74) is 0. The van der Waals surface area contributed by atoms with Gasteiger partial charge in [0.05, 0.1) is 0 Å². The van der Waals surface area contributed by atoms with Crippen LogP contribution in [0.2, 0.25) is 0 Å². The molecule has 0 fully saturated rings. The first kappa shape index (κ1) is 22.8. The molecular weight excluding hydrogens is 521 g/mol. The van der Waals surface area contributed by atoms with Crippen LogP contribution in [0.1, 0.15) is 6.92 Å². The van der Waals surface area contributed by atoms with E-state index in [9.17, 15) is 18.0 Å². The van der Waals surface area contributed by atoms with Gasteiger partial charge in [0.1, 0.15) is 0 Å². The van der Waals surface area contributed by atoms with Crippen LogP contribution in [0, 0.1) is 0 Å². The summed E-state index contributed by atoms with van der Waals surface area (Å²) in [6, 6.07) is 28.9. The molecule has 3 aromatic rings. The molecule has 2 nitrogen and oxygen atoms in total. The van der Waals surface area contributed by atoms with E-state index in [1.807, 2.05) is 91.0 Å². The number of nitrogens with one attached hydrogen (secondary N) is 1. The predicted octanol–water partition coefficient (Wildman–Crippen LogP) is 4.93. The van der Waals surface area contributed by atoms with E-state index in [1.165, 1.54) is 0 Å². The molecule has 7 heteroatoms. The quantitative estimate of drug-likeness (QED) is 0.347. The van der Waals surface area contributed by atoms with E-state index in [4.69, 9.17) is 0 Å². The van der Waals surface area contributed by atoms with E-state index in [-0.39, 0.29) is 0 Å². The Hall–Kier alpha value is -1.92. The molecule has 0 saturated carbocycles. The summed E-state index contributed by atoms with van der Waals surface area (Å²) in [6.07, 6.45) is -4.56. The molecule has 0 aromatic heterocycles. The van der Waals surface area contributed by atoms with Crippen LogP contribution in [0.5, 0.6) is 0 Å². The van der Waals surface area contributed by atoms with Gasteiger partial charge < -0.3 is 0 Å². The Kier molecular flexibility index (Phi) is 6.58. The molecule has 0 aliphatic heterocycles. The van der Waals surface area contributed by atoms with E-state index in [0.717, 1.165) is 15.9 Å². The van der Waals surface area contributed by atoms with Gasteiger partial charge in [-0.3, -0.25) is 0 Å². The first-order valence-electron chi connectivity index (χ1n) is 9.43. The number of hydrogen-bond acceptors (Lipinski definition) is 1. The van der Waals surface area contributed by atoms with Crippen LogP contribution in [0.4, 0.5) is 13.2 Å². The van der Waals surface area contributed by atoms with Crippen molar-refractivity contribution in [1.82, 2.24) is 5.32 Å². The van der Waals surface area contributed by atoms with Crippen molar-refractivity contribution in [3.63, 3.8) is 0 Å². The maximum absolute atomic E-state index is 12.9. The van der Waals surface area contributed by atoms with Crippen LogP contribution in [0.25, 0.3) is 0 Å². The van der Waals surface area contributed by atoms with Crippen molar-refractivity contribution in [2.75, 3.05) is 6.16 Å². The summed E-state index contributed by atoms with van der Waals surface area (Å²) in [7, 11) is 0. The molecule has 0 aliphatic carbocycles. The Morgan fingerprint density at radius 3 is 1.47 bits per heavy atom. The van der Waals surface area contributed by atoms with Crippen molar-refractivity contribution in [2.45, 2.75) is 19.1 Å². The van der Waals surface area contributed by atoms with Gasteiger partial charge >= 0.3 is 188 Å². The summed E-state index contributed by atoms with van der Waals surface area (Å²) in [5, 5.41) is 5.33. The summed E-state index contributed by atoms with van der Waals surface area (Å²) in [6.45, 7) is 1.64. The molecular formula is C23H22F3INOP. The molecule has 0 saturated heterocycles. The molecule has 30 heavy (non-hydrogen) atoms. The maximum atomic E-state index is 12.9. The Bertz CT molecular complexity index is 898. The van der Waals surface area contributed by atoms with E-state index in [2.05, 4.69) is 27.4 Å². The second-order valence-corrected chi connectivity index (χ2v) is 17.9. The third-order valence-corrected chi connectivity index (χ3v) is 16.7. The summed E-state index contributed by atoms with van der Waals surface area (Å²) in [4.78, 5) is 11.7. The van der Waals surface area contributed by atoms with E-state index < -0.39 is 22.4 Å². The van der Waals surface area contributed by atoms with Crippen LogP contribution >= 0.6 is 26.3 Å². The van der Waals surface area contributed by atoms with Gasteiger partial charge in [0.25, 0.3) is 0 Å². The van der Waals surface area contributed by atoms with E-state index >= 15 is 0 Å². The van der Waals surface area contributed by atoms with Crippen molar-refractivity contribution >= 4 is 48.1 Å². The third-order valence-electron chi connectivity index (χ3n) is 5.14. The first-order valence-corrected chi connectivity index (χ1v) is 14.6. The Labute approximate surface area is 187 Å². The van der Waals surface area contributed by atoms with Gasteiger partial charge in [-0.1, -0.05) is 0 Å². The molecule has 1 amide bonds. The Morgan fingerprint density at radius 1 is 0.833 bits per heavy atom. The van der Waals surface area contributed by atoms with Gasteiger partial charge in [-0.15, -0.1) is 0 Å². The van der Waals surface area contributed by atoms with Crippen molar-refractivity contribution in [2.24, 2.45) is 0 Å². The Morgan fingerprint density at radius 2 is 1.17 bits per heavy atom. The second-order valence-electron chi connectivity index (χ2n) is 7.24. The zero-order valence-electron chi connectivity index (χ0n) is 16.3. The van der Waals surface area contributed by atoms with E-state index in [0.29, 0.717) is 6.16 Å². The molecule has 0 aliphatic rings. The summed E-state index contributed by atoms with van der Waals surface area (Å²) in [5.74, 6) is -1.91. The molecule has 1 N–H and O–H groups in total. The number of carbonyl (C=O) groups excluding carboxylic acids is 1. The molecule has 0 bridgehead atoms. The normalized spacial score (nSPS) is 14.4. The van der Waals surface area contributed by atoms with Crippen LogP contribution in [0.15, 0.2) is 91.0 Å². The summed E-state index contributed by atoms with van der Waals surface area (Å²) >= 11 is 2.49. The fourth-order valence-electron chi connectivity index (χ4n) is 3.85. The zero-order chi connectivity index (χ0) is 21.9. The molecule has 1 unspecified atom stereocenters. The Balaban J connectivity index is 2.24. The topological polar surface area (TPSA) is 29.1 Å². The molecule has 0 heterocycles. The zero-order valence-corrected chi connectivity index (χ0v) is 19.4. The van der Waals surface area contributed by atoms with Crippen molar-refractivity contribution in [3.05, 3.63) is 91.0 Å². The van der Waals surface area contributed by atoms with E-state index in [1.54, 1.807) is 6.92 Å². The molecule has 0 radical (unpaired) electrons. The van der Waals surface area contributed by atoms with Crippen LogP contribution in [-0.2, 0) is 4.79 Å². The predicted molar refractivity (Wildman–Crippen MR) is 128 cm³/mol. The molecule has 158 valence electrons. The van der Waals surface area contributed by atoms with Crippen LogP contribution < -0.4 is 21.2 Å². The van der Waals surface area contributed by atoms with Crippen LogP contribution in [0.3, 0.4) is 0 Å². The number of rotatable bonds is 6. The fourth-order valence-corrected chi connectivity index (χ4v) is 13.5. The number of alkyl halides is 3. The van der Waals surface area contributed by atoms with Gasteiger partial charge in [0.2, 0.25) is 0 Å². The molecule has 1 atom stereocenters. The fraction of sp³-hybridized carbons (Fsp3) is 0.174. The van der Waals surface area contributed by atoms with Gasteiger partial charge in [-0.25, -0.2) is 0 Å². The van der Waals surface area contributed by atoms with Gasteiger partial charge in [-0.05, 0) is 0 Å². The number of benzene rings is 3. The average molecular weight is 543 g/mol. The van der Waals surface area contributed by atoms with Crippen molar-refractivity contribution in [3.8, 4) is 0 Å². The minimum atomic E-state index is -4.91. The molecule has 3 aromatic carbocycles. The SMILES string of the molecule is CC(CP(I)(c1ccccc1)(c1ccccc1)c1ccccc1)NC(=O)C(F)(F)F.